The van der Waals surface area contributed by atoms with Gasteiger partial charge in [-0.05, 0) is 37.1 Å². The molecule has 2 fully saturated rings. The van der Waals surface area contributed by atoms with Gasteiger partial charge in [0.1, 0.15) is 5.41 Å². The second-order valence-corrected chi connectivity index (χ2v) is 8.02. The summed E-state index contributed by atoms with van der Waals surface area (Å²) in [6, 6.07) is 19.7. The molecule has 29 heavy (non-hydrogen) atoms. The van der Waals surface area contributed by atoms with Crippen molar-refractivity contribution in [2.75, 3.05) is 37.6 Å². The van der Waals surface area contributed by atoms with Crippen LogP contribution in [0.2, 0.25) is 0 Å². The van der Waals surface area contributed by atoms with E-state index in [0.717, 1.165) is 30.9 Å². The molecule has 0 radical (unpaired) electrons. The smallest absolute Gasteiger partial charge is 0.242 e. The predicted octanol–water partition coefficient (Wildman–Crippen LogP) is 3.16. The van der Waals surface area contributed by atoms with Crippen LogP contribution in [0.25, 0.3) is 0 Å². The van der Waals surface area contributed by atoms with Gasteiger partial charge in [0.25, 0.3) is 0 Å². The topological polar surface area (TPSA) is 43.9 Å². The first-order valence-electron chi connectivity index (χ1n) is 10.6. The molecule has 1 aliphatic heterocycles. The molecule has 1 saturated carbocycles. The fourth-order valence-corrected chi connectivity index (χ4v) is 4.13. The number of carbonyl (C=O) groups excluding carboxylic acids is 2. The molecular weight excluding hydrogens is 362 g/mol. The van der Waals surface area contributed by atoms with E-state index in [2.05, 4.69) is 11.8 Å². The molecule has 0 atom stereocenters. The van der Waals surface area contributed by atoms with Crippen molar-refractivity contribution in [2.45, 2.75) is 26.3 Å². The van der Waals surface area contributed by atoms with Crippen LogP contribution in [-0.2, 0) is 16.1 Å². The molecule has 152 valence electrons. The van der Waals surface area contributed by atoms with Gasteiger partial charge >= 0.3 is 0 Å². The zero-order chi connectivity index (χ0) is 20.3. The monoisotopic (exact) mass is 391 g/mol. The third kappa shape index (κ3) is 4.06. The maximum atomic E-state index is 13.7. The van der Waals surface area contributed by atoms with Crippen LogP contribution in [0.4, 0.5) is 5.69 Å². The summed E-state index contributed by atoms with van der Waals surface area (Å²) in [4.78, 5) is 33.1. The van der Waals surface area contributed by atoms with Gasteiger partial charge in [0.15, 0.2) is 0 Å². The number of nitrogens with zero attached hydrogens (tertiary/aromatic N) is 3. The average Bonchev–Trinajstić information content (AvgIpc) is 3.60. The van der Waals surface area contributed by atoms with E-state index in [1.807, 2.05) is 65.6 Å². The Morgan fingerprint density at radius 1 is 0.897 bits per heavy atom. The molecule has 1 heterocycles. The SMILES string of the molecule is CCN1CCN(C(=O)C2(C(=O)N(Cc3ccccc3)c3ccccc3)CC2)CC1. The highest BCUT2D eigenvalue weighted by atomic mass is 16.2. The molecule has 0 bridgehead atoms. The second kappa shape index (κ2) is 8.37. The molecule has 5 heteroatoms. The number of anilines is 1. The summed E-state index contributed by atoms with van der Waals surface area (Å²) >= 11 is 0. The summed E-state index contributed by atoms with van der Waals surface area (Å²) in [5.41, 5.74) is 1.03. The van der Waals surface area contributed by atoms with E-state index in [-0.39, 0.29) is 11.8 Å². The quantitative estimate of drug-likeness (QED) is 0.711. The van der Waals surface area contributed by atoms with Crippen LogP contribution in [0.3, 0.4) is 0 Å². The molecule has 2 amide bonds. The Morgan fingerprint density at radius 3 is 2.03 bits per heavy atom. The fraction of sp³-hybridized carbons (Fsp3) is 0.417. The van der Waals surface area contributed by atoms with Gasteiger partial charge in [0, 0.05) is 31.9 Å². The highest BCUT2D eigenvalue weighted by Crippen LogP contribution is 2.49. The van der Waals surface area contributed by atoms with E-state index in [1.165, 1.54) is 0 Å². The van der Waals surface area contributed by atoms with E-state index in [9.17, 15) is 9.59 Å². The van der Waals surface area contributed by atoms with Crippen LogP contribution in [-0.4, -0.2) is 54.3 Å². The van der Waals surface area contributed by atoms with Crippen molar-refractivity contribution in [2.24, 2.45) is 5.41 Å². The standard InChI is InChI=1S/C24H29N3O2/c1-2-25-15-17-26(18-16-25)22(28)24(13-14-24)23(29)27(21-11-7-4-8-12-21)19-20-9-5-3-6-10-20/h3-12H,2,13-19H2,1H3. The number of likely N-dealkylation sites (N-methyl/N-ethyl adjacent to an activating group) is 1. The summed E-state index contributed by atoms with van der Waals surface area (Å²) in [5.74, 6) is -0.0391. The molecule has 0 aromatic heterocycles. The van der Waals surface area contributed by atoms with E-state index in [4.69, 9.17) is 0 Å². The number of amides is 2. The number of carbonyl (C=O) groups is 2. The summed E-state index contributed by atoms with van der Waals surface area (Å²) < 4.78 is 0. The van der Waals surface area contributed by atoms with Crippen molar-refractivity contribution in [3.63, 3.8) is 0 Å². The maximum absolute atomic E-state index is 13.7. The van der Waals surface area contributed by atoms with Crippen LogP contribution >= 0.6 is 0 Å². The van der Waals surface area contributed by atoms with E-state index < -0.39 is 5.41 Å². The first-order valence-corrected chi connectivity index (χ1v) is 10.6. The van der Waals surface area contributed by atoms with Crippen molar-refractivity contribution < 1.29 is 9.59 Å². The number of piperazine rings is 1. The Kier molecular flexibility index (Phi) is 5.67. The van der Waals surface area contributed by atoms with Gasteiger partial charge in [-0.2, -0.15) is 0 Å². The molecule has 2 aromatic carbocycles. The number of rotatable bonds is 6. The Balaban J connectivity index is 1.56. The zero-order valence-corrected chi connectivity index (χ0v) is 17.1. The van der Waals surface area contributed by atoms with E-state index in [1.54, 1.807) is 4.90 Å². The van der Waals surface area contributed by atoms with Gasteiger partial charge in [-0.25, -0.2) is 0 Å². The van der Waals surface area contributed by atoms with Gasteiger partial charge in [-0.15, -0.1) is 0 Å². The molecule has 0 spiro atoms. The lowest BCUT2D eigenvalue weighted by Crippen LogP contribution is -2.53. The largest absolute Gasteiger partial charge is 0.339 e. The molecule has 4 rings (SSSR count). The predicted molar refractivity (Wildman–Crippen MR) is 114 cm³/mol. The highest BCUT2D eigenvalue weighted by molar-refractivity contribution is 6.14. The maximum Gasteiger partial charge on any atom is 0.242 e. The van der Waals surface area contributed by atoms with Gasteiger partial charge in [-0.3, -0.25) is 9.59 Å². The minimum absolute atomic E-state index is 0.0206. The first-order chi connectivity index (χ1) is 14.1. The fourth-order valence-electron chi connectivity index (χ4n) is 4.13. The number of hydrogen-bond acceptors (Lipinski definition) is 3. The van der Waals surface area contributed by atoms with Crippen LogP contribution < -0.4 is 4.90 Å². The third-order valence-corrected chi connectivity index (χ3v) is 6.17. The van der Waals surface area contributed by atoms with Gasteiger partial charge in [-0.1, -0.05) is 55.5 Å². The summed E-state index contributed by atoms with van der Waals surface area (Å²) in [5, 5.41) is 0. The first kappa shape index (κ1) is 19.6. The number of para-hydroxylation sites is 1. The Labute approximate surface area is 172 Å². The molecule has 2 aliphatic rings. The second-order valence-electron chi connectivity index (χ2n) is 8.02. The third-order valence-electron chi connectivity index (χ3n) is 6.17. The van der Waals surface area contributed by atoms with Crippen LogP contribution in [0.15, 0.2) is 60.7 Å². The van der Waals surface area contributed by atoms with Gasteiger partial charge in [0.05, 0.1) is 6.54 Å². The van der Waals surface area contributed by atoms with Crippen molar-refractivity contribution in [1.82, 2.24) is 9.80 Å². The lowest BCUT2D eigenvalue weighted by molar-refractivity contribution is -0.144. The Hall–Kier alpha value is -2.66. The normalized spacial score (nSPS) is 18.3. The Bertz CT molecular complexity index is 841. The van der Waals surface area contributed by atoms with Gasteiger partial charge in [0.2, 0.25) is 11.8 Å². The Morgan fingerprint density at radius 2 is 1.48 bits per heavy atom. The molecule has 2 aromatic rings. The number of benzene rings is 2. The van der Waals surface area contributed by atoms with Crippen molar-refractivity contribution in [1.29, 1.82) is 0 Å². The van der Waals surface area contributed by atoms with E-state index in [0.29, 0.717) is 32.5 Å². The molecule has 5 nitrogen and oxygen atoms in total. The molecule has 0 unspecified atom stereocenters. The highest BCUT2D eigenvalue weighted by Gasteiger charge is 2.59. The minimum Gasteiger partial charge on any atom is -0.339 e. The summed E-state index contributed by atoms with van der Waals surface area (Å²) in [6.45, 7) is 6.83. The zero-order valence-electron chi connectivity index (χ0n) is 17.1. The number of hydrogen-bond donors (Lipinski definition) is 0. The summed E-state index contributed by atoms with van der Waals surface area (Å²) in [6.07, 6.45) is 1.30. The molecular formula is C24H29N3O2. The average molecular weight is 392 g/mol. The lowest BCUT2D eigenvalue weighted by atomic mass is 10.0. The molecule has 0 N–H and O–H groups in total. The molecule has 1 aliphatic carbocycles. The lowest BCUT2D eigenvalue weighted by Gasteiger charge is -2.37. The minimum atomic E-state index is -0.876. The van der Waals surface area contributed by atoms with Crippen molar-refractivity contribution >= 4 is 17.5 Å². The summed E-state index contributed by atoms with van der Waals surface area (Å²) in [7, 11) is 0. The van der Waals surface area contributed by atoms with Gasteiger partial charge < -0.3 is 14.7 Å². The van der Waals surface area contributed by atoms with E-state index >= 15 is 0 Å². The van der Waals surface area contributed by atoms with Crippen molar-refractivity contribution in [3.8, 4) is 0 Å². The van der Waals surface area contributed by atoms with Crippen LogP contribution in [0.5, 0.6) is 0 Å². The van der Waals surface area contributed by atoms with Crippen molar-refractivity contribution in [3.05, 3.63) is 66.2 Å². The molecule has 1 saturated heterocycles. The van der Waals surface area contributed by atoms with Crippen LogP contribution in [0, 0.1) is 5.41 Å². The van der Waals surface area contributed by atoms with Crippen LogP contribution in [0.1, 0.15) is 25.3 Å².